The summed E-state index contributed by atoms with van der Waals surface area (Å²) in [7, 11) is 0. The number of rotatable bonds is 7. The molecular formula is C12H20N2O3. The van der Waals surface area contributed by atoms with Gasteiger partial charge in [-0.2, -0.15) is 0 Å². The van der Waals surface area contributed by atoms with Crippen LogP contribution >= 0.6 is 0 Å². The van der Waals surface area contributed by atoms with Crippen LogP contribution in [0.4, 0.5) is 0 Å². The molecule has 1 rings (SSSR count). The van der Waals surface area contributed by atoms with E-state index in [0.29, 0.717) is 31.2 Å². The average molecular weight is 240 g/mol. The molecule has 0 aromatic carbocycles. The minimum Gasteiger partial charge on any atom is -0.455 e. The summed E-state index contributed by atoms with van der Waals surface area (Å²) < 4.78 is 10.6. The van der Waals surface area contributed by atoms with Gasteiger partial charge in [0.05, 0.1) is 12.6 Å². The van der Waals surface area contributed by atoms with Crippen molar-refractivity contribution < 1.29 is 13.9 Å². The number of furan rings is 1. The number of carbonyl (C=O) groups excluding carboxylic acids is 1. The Balaban J connectivity index is 2.21. The summed E-state index contributed by atoms with van der Waals surface area (Å²) in [6.45, 7) is 5.48. The summed E-state index contributed by atoms with van der Waals surface area (Å²) >= 11 is 0. The fourth-order valence-corrected chi connectivity index (χ4v) is 1.29. The Morgan fingerprint density at radius 3 is 2.88 bits per heavy atom. The molecular weight excluding hydrogens is 220 g/mol. The van der Waals surface area contributed by atoms with E-state index in [1.54, 1.807) is 12.1 Å². The molecule has 0 saturated carbocycles. The minimum absolute atomic E-state index is 0.214. The highest BCUT2D eigenvalue weighted by atomic mass is 16.5. The first-order valence-corrected chi connectivity index (χ1v) is 5.82. The molecule has 0 saturated heterocycles. The standard InChI is InChI=1S/C12H20N2O3/c1-9(2)16-7-3-6-14-12(15)11-5-4-10(8-13)17-11/h4-5,9H,3,6-8,13H2,1-2H3,(H,14,15). The maximum Gasteiger partial charge on any atom is 0.286 e. The number of nitrogens with two attached hydrogens (primary N) is 1. The second-order valence-corrected chi connectivity index (χ2v) is 4.00. The second kappa shape index (κ2) is 7.09. The molecule has 0 unspecified atom stereocenters. The molecule has 0 spiro atoms. The Kier molecular flexibility index (Phi) is 5.72. The van der Waals surface area contributed by atoms with Gasteiger partial charge in [-0.15, -0.1) is 0 Å². The molecule has 1 amide bonds. The van der Waals surface area contributed by atoms with Crippen LogP contribution in [0, 0.1) is 0 Å². The van der Waals surface area contributed by atoms with Crippen molar-refractivity contribution in [3.8, 4) is 0 Å². The molecule has 1 aromatic rings. The highest BCUT2D eigenvalue weighted by molar-refractivity contribution is 5.91. The average Bonchev–Trinajstić information content (AvgIpc) is 2.76. The molecule has 0 aliphatic rings. The van der Waals surface area contributed by atoms with Gasteiger partial charge >= 0.3 is 0 Å². The zero-order valence-corrected chi connectivity index (χ0v) is 10.4. The monoisotopic (exact) mass is 240 g/mol. The Morgan fingerprint density at radius 1 is 1.53 bits per heavy atom. The molecule has 0 atom stereocenters. The van der Waals surface area contributed by atoms with Crippen molar-refractivity contribution in [2.75, 3.05) is 13.2 Å². The number of hydrogen-bond donors (Lipinski definition) is 2. The van der Waals surface area contributed by atoms with E-state index >= 15 is 0 Å². The van der Waals surface area contributed by atoms with Crippen molar-refractivity contribution in [2.45, 2.75) is 32.9 Å². The smallest absolute Gasteiger partial charge is 0.286 e. The first-order chi connectivity index (χ1) is 8.13. The number of amides is 1. The highest BCUT2D eigenvalue weighted by Crippen LogP contribution is 2.06. The van der Waals surface area contributed by atoms with Crippen LogP contribution in [0.15, 0.2) is 16.5 Å². The summed E-state index contributed by atoms with van der Waals surface area (Å²) in [6.07, 6.45) is 1.01. The van der Waals surface area contributed by atoms with Crippen LogP contribution in [-0.4, -0.2) is 25.2 Å². The lowest BCUT2D eigenvalue weighted by Gasteiger charge is -2.07. The van der Waals surface area contributed by atoms with Crippen LogP contribution in [0.5, 0.6) is 0 Å². The van der Waals surface area contributed by atoms with Gasteiger partial charge < -0.3 is 20.2 Å². The predicted molar refractivity (Wildman–Crippen MR) is 64.6 cm³/mol. The third-order valence-electron chi connectivity index (χ3n) is 2.14. The molecule has 0 aliphatic carbocycles. The number of hydrogen-bond acceptors (Lipinski definition) is 4. The van der Waals surface area contributed by atoms with E-state index < -0.39 is 0 Å². The number of ether oxygens (including phenoxy) is 1. The summed E-state index contributed by atoms with van der Waals surface area (Å²) in [5.74, 6) is 0.697. The van der Waals surface area contributed by atoms with Gasteiger partial charge in [0.25, 0.3) is 5.91 Å². The van der Waals surface area contributed by atoms with Crippen LogP contribution in [0.25, 0.3) is 0 Å². The van der Waals surface area contributed by atoms with Gasteiger partial charge in [-0.1, -0.05) is 0 Å². The molecule has 1 heterocycles. The Morgan fingerprint density at radius 2 is 2.29 bits per heavy atom. The van der Waals surface area contributed by atoms with Gasteiger partial charge in [-0.05, 0) is 32.4 Å². The van der Waals surface area contributed by atoms with Crippen LogP contribution in [-0.2, 0) is 11.3 Å². The summed E-state index contributed by atoms with van der Waals surface area (Å²) in [6, 6.07) is 3.33. The van der Waals surface area contributed by atoms with Crippen molar-refractivity contribution >= 4 is 5.91 Å². The van der Waals surface area contributed by atoms with Gasteiger partial charge in [0, 0.05) is 13.2 Å². The minimum atomic E-state index is -0.214. The van der Waals surface area contributed by atoms with E-state index in [-0.39, 0.29) is 12.0 Å². The molecule has 5 heteroatoms. The largest absolute Gasteiger partial charge is 0.455 e. The van der Waals surface area contributed by atoms with Crippen molar-refractivity contribution in [1.29, 1.82) is 0 Å². The summed E-state index contributed by atoms with van der Waals surface area (Å²) in [5.41, 5.74) is 5.39. The normalized spacial score (nSPS) is 10.8. The summed E-state index contributed by atoms with van der Waals surface area (Å²) in [4.78, 5) is 11.6. The molecule has 0 bridgehead atoms. The van der Waals surface area contributed by atoms with Crippen molar-refractivity contribution in [3.05, 3.63) is 23.7 Å². The van der Waals surface area contributed by atoms with Crippen LogP contribution < -0.4 is 11.1 Å². The van der Waals surface area contributed by atoms with Crippen molar-refractivity contribution in [2.24, 2.45) is 5.73 Å². The van der Waals surface area contributed by atoms with E-state index in [0.717, 1.165) is 6.42 Å². The van der Waals surface area contributed by atoms with Gasteiger partial charge in [0.2, 0.25) is 0 Å². The van der Waals surface area contributed by atoms with Gasteiger partial charge in [-0.3, -0.25) is 4.79 Å². The molecule has 0 fully saturated rings. The number of carbonyl (C=O) groups is 1. The van der Waals surface area contributed by atoms with Gasteiger partial charge in [0.15, 0.2) is 5.76 Å². The number of nitrogens with one attached hydrogen (secondary N) is 1. The molecule has 1 aromatic heterocycles. The van der Waals surface area contributed by atoms with E-state index in [2.05, 4.69) is 5.32 Å². The molecule has 0 aliphatic heterocycles. The summed E-state index contributed by atoms with van der Waals surface area (Å²) in [5, 5.41) is 2.76. The maximum absolute atomic E-state index is 11.6. The Bertz CT molecular complexity index is 347. The fraction of sp³-hybridized carbons (Fsp3) is 0.583. The lowest BCUT2D eigenvalue weighted by atomic mass is 10.4. The zero-order chi connectivity index (χ0) is 12.7. The van der Waals surface area contributed by atoms with Crippen LogP contribution in [0.3, 0.4) is 0 Å². The predicted octanol–water partition coefficient (Wildman–Crippen LogP) is 1.28. The lowest BCUT2D eigenvalue weighted by Crippen LogP contribution is -2.25. The highest BCUT2D eigenvalue weighted by Gasteiger charge is 2.09. The molecule has 0 radical (unpaired) electrons. The van der Waals surface area contributed by atoms with Crippen molar-refractivity contribution in [1.82, 2.24) is 5.32 Å². The molecule has 17 heavy (non-hydrogen) atoms. The second-order valence-electron chi connectivity index (χ2n) is 4.00. The first kappa shape index (κ1) is 13.7. The Hall–Kier alpha value is -1.33. The van der Waals surface area contributed by atoms with E-state index in [9.17, 15) is 4.79 Å². The topological polar surface area (TPSA) is 77.5 Å². The molecule has 3 N–H and O–H groups in total. The molecule has 5 nitrogen and oxygen atoms in total. The van der Waals surface area contributed by atoms with Crippen molar-refractivity contribution in [3.63, 3.8) is 0 Å². The van der Waals surface area contributed by atoms with E-state index in [1.807, 2.05) is 13.8 Å². The fourth-order valence-electron chi connectivity index (χ4n) is 1.29. The zero-order valence-electron chi connectivity index (χ0n) is 10.4. The lowest BCUT2D eigenvalue weighted by molar-refractivity contribution is 0.0753. The molecule has 96 valence electrons. The van der Waals surface area contributed by atoms with Crippen LogP contribution in [0.1, 0.15) is 36.6 Å². The van der Waals surface area contributed by atoms with Gasteiger partial charge in [-0.25, -0.2) is 0 Å². The van der Waals surface area contributed by atoms with Crippen LogP contribution in [0.2, 0.25) is 0 Å². The Labute approximate surface area is 101 Å². The third-order valence-corrected chi connectivity index (χ3v) is 2.14. The SMILES string of the molecule is CC(C)OCCCNC(=O)c1ccc(CN)o1. The quantitative estimate of drug-likeness (QED) is 0.704. The third kappa shape index (κ3) is 5.01. The maximum atomic E-state index is 11.6. The first-order valence-electron chi connectivity index (χ1n) is 5.82. The van der Waals surface area contributed by atoms with E-state index in [4.69, 9.17) is 14.9 Å². The van der Waals surface area contributed by atoms with E-state index in [1.165, 1.54) is 0 Å². The van der Waals surface area contributed by atoms with Gasteiger partial charge in [0.1, 0.15) is 5.76 Å².